The second-order valence-electron chi connectivity index (χ2n) is 4.02. The lowest BCUT2D eigenvalue weighted by molar-refractivity contribution is -0.121. The quantitative estimate of drug-likeness (QED) is 0.785. The van der Waals surface area contributed by atoms with Crippen molar-refractivity contribution in [2.75, 3.05) is 25.9 Å². The van der Waals surface area contributed by atoms with Gasteiger partial charge in [-0.05, 0) is 19.1 Å². The molecule has 0 saturated heterocycles. The van der Waals surface area contributed by atoms with Gasteiger partial charge in [0.2, 0.25) is 15.9 Å². The monoisotopic (exact) mass is 323 g/mol. The molecule has 0 heterocycles. The van der Waals surface area contributed by atoms with Crippen molar-refractivity contribution >= 4 is 33.2 Å². The fourth-order valence-corrected chi connectivity index (χ4v) is 3.01. The Labute approximate surface area is 121 Å². The molecule has 20 heavy (non-hydrogen) atoms. The third-order valence-electron chi connectivity index (χ3n) is 2.46. The number of hydrogen-bond acceptors (Lipinski definition) is 4. The first-order chi connectivity index (χ1) is 9.20. The molecule has 112 valence electrons. The normalized spacial score (nSPS) is 11.7. The van der Waals surface area contributed by atoms with E-state index in [0.717, 1.165) is 16.4 Å². The van der Waals surface area contributed by atoms with Crippen molar-refractivity contribution in [2.24, 2.45) is 0 Å². The molecule has 0 aliphatic rings. The third-order valence-corrected chi connectivity index (χ3v) is 4.48. The zero-order chi connectivity index (χ0) is 15.5. The minimum absolute atomic E-state index is 0.00566. The van der Waals surface area contributed by atoms with Gasteiger partial charge in [0.15, 0.2) is 5.82 Å². The lowest BCUT2D eigenvalue weighted by atomic mass is 10.3. The highest BCUT2D eigenvalue weighted by atomic mass is 35.5. The molecule has 1 rings (SSSR count). The predicted molar refractivity (Wildman–Crippen MR) is 74.3 cm³/mol. The summed E-state index contributed by atoms with van der Waals surface area (Å²) in [5, 5.41) is 2.44. The van der Waals surface area contributed by atoms with Gasteiger partial charge in [-0.25, -0.2) is 12.8 Å². The number of nitrogen functional groups attached to an aromatic ring is 1. The molecular formula is C11H15ClFN3O3S. The largest absolute Gasteiger partial charge is 0.396 e. The predicted octanol–water partition coefficient (Wildman–Crippen LogP) is 0.818. The Morgan fingerprint density at radius 1 is 1.50 bits per heavy atom. The summed E-state index contributed by atoms with van der Waals surface area (Å²) in [6.07, 6.45) is 0. The molecule has 1 amide bonds. The van der Waals surface area contributed by atoms with Crippen LogP contribution in [-0.2, 0) is 14.8 Å². The van der Waals surface area contributed by atoms with Crippen LogP contribution in [-0.4, -0.2) is 38.8 Å². The average Bonchev–Trinajstić information content (AvgIpc) is 2.33. The minimum Gasteiger partial charge on any atom is -0.396 e. The molecule has 9 heteroatoms. The number of rotatable bonds is 5. The molecule has 3 N–H and O–H groups in total. The number of carbonyl (C=O) groups excluding carboxylic acids is 1. The molecular weight excluding hydrogens is 309 g/mol. The molecule has 0 saturated carbocycles. The van der Waals surface area contributed by atoms with Gasteiger partial charge in [0, 0.05) is 18.6 Å². The second kappa shape index (κ2) is 6.38. The SMILES string of the molecule is CCNC(=O)CN(C)S(=O)(=O)c1cc(Cl)cc(N)c1F. The van der Waals surface area contributed by atoms with Crippen LogP contribution in [0.1, 0.15) is 6.92 Å². The average molecular weight is 324 g/mol. The van der Waals surface area contributed by atoms with Crippen LogP contribution in [0.25, 0.3) is 0 Å². The number of likely N-dealkylation sites (N-methyl/N-ethyl adjacent to an activating group) is 2. The molecule has 0 spiro atoms. The van der Waals surface area contributed by atoms with Gasteiger partial charge in [-0.2, -0.15) is 4.31 Å². The van der Waals surface area contributed by atoms with Crippen LogP contribution in [0.3, 0.4) is 0 Å². The highest BCUT2D eigenvalue weighted by Crippen LogP contribution is 2.26. The Bertz CT molecular complexity index is 622. The van der Waals surface area contributed by atoms with Gasteiger partial charge in [0.25, 0.3) is 0 Å². The summed E-state index contributed by atoms with van der Waals surface area (Å²) < 4.78 is 38.9. The van der Waals surface area contributed by atoms with Gasteiger partial charge in [0.1, 0.15) is 4.90 Å². The van der Waals surface area contributed by atoms with E-state index >= 15 is 0 Å². The summed E-state index contributed by atoms with van der Waals surface area (Å²) in [4.78, 5) is 10.7. The van der Waals surface area contributed by atoms with Crippen molar-refractivity contribution in [3.63, 3.8) is 0 Å². The van der Waals surface area contributed by atoms with E-state index in [-0.39, 0.29) is 10.7 Å². The molecule has 0 aromatic heterocycles. The highest BCUT2D eigenvalue weighted by molar-refractivity contribution is 7.89. The maximum Gasteiger partial charge on any atom is 0.246 e. The summed E-state index contributed by atoms with van der Waals surface area (Å²) in [6.45, 7) is 1.64. The number of benzene rings is 1. The summed E-state index contributed by atoms with van der Waals surface area (Å²) >= 11 is 5.68. The van der Waals surface area contributed by atoms with Gasteiger partial charge in [0.05, 0.1) is 12.2 Å². The first kappa shape index (κ1) is 16.7. The van der Waals surface area contributed by atoms with Crippen molar-refractivity contribution in [1.29, 1.82) is 0 Å². The fraction of sp³-hybridized carbons (Fsp3) is 0.364. The Balaban J connectivity index is 3.14. The number of halogens is 2. The molecule has 0 atom stereocenters. The third kappa shape index (κ3) is 3.59. The highest BCUT2D eigenvalue weighted by Gasteiger charge is 2.27. The van der Waals surface area contributed by atoms with E-state index in [9.17, 15) is 17.6 Å². The van der Waals surface area contributed by atoms with Gasteiger partial charge in [-0.1, -0.05) is 11.6 Å². The molecule has 0 aliphatic carbocycles. The molecule has 1 aromatic carbocycles. The van der Waals surface area contributed by atoms with Crippen molar-refractivity contribution in [1.82, 2.24) is 9.62 Å². The summed E-state index contributed by atoms with van der Waals surface area (Å²) in [6, 6.07) is 2.07. The Morgan fingerprint density at radius 2 is 2.10 bits per heavy atom. The van der Waals surface area contributed by atoms with E-state index in [1.165, 1.54) is 7.05 Å². The zero-order valence-electron chi connectivity index (χ0n) is 11.0. The van der Waals surface area contributed by atoms with Gasteiger partial charge >= 0.3 is 0 Å². The first-order valence-electron chi connectivity index (χ1n) is 5.67. The van der Waals surface area contributed by atoms with E-state index < -0.39 is 33.2 Å². The number of amides is 1. The molecule has 0 radical (unpaired) electrons. The molecule has 6 nitrogen and oxygen atoms in total. The van der Waals surface area contributed by atoms with Crippen LogP contribution < -0.4 is 11.1 Å². The van der Waals surface area contributed by atoms with E-state index in [0.29, 0.717) is 6.54 Å². The Kier molecular flexibility index (Phi) is 5.32. The van der Waals surface area contributed by atoms with Crippen LogP contribution >= 0.6 is 11.6 Å². The Hall–Kier alpha value is -1.38. The first-order valence-corrected chi connectivity index (χ1v) is 7.49. The molecule has 0 unspecified atom stereocenters. The number of carbonyl (C=O) groups is 1. The van der Waals surface area contributed by atoms with Crippen LogP contribution in [0, 0.1) is 5.82 Å². The standard InChI is InChI=1S/C11H15ClFN3O3S/c1-3-15-10(17)6-16(2)20(18,19)9-5-7(12)4-8(14)11(9)13/h4-5H,3,6,14H2,1-2H3,(H,15,17). The van der Waals surface area contributed by atoms with E-state index in [2.05, 4.69) is 5.32 Å². The molecule has 0 bridgehead atoms. The van der Waals surface area contributed by atoms with Crippen molar-refractivity contribution < 1.29 is 17.6 Å². The number of nitrogens with two attached hydrogens (primary N) is 1. The summed E-state index contributed by atoms with van der Waals surface area (Å²) in [5.41, 5.74) is 4.97. The van der Waals surface area contributed by atoms with E-state index in [1.807, 2.05) is 0 Å². The van der Waals surface area contributed by atoms with Crippen LogP contribution in [0.2, 0.25) is 5.02 Å². The van der Waals surface area contributed by atoms with Gasteiger partial charge in [-0.3, -0.25) is 4.79 Å². The zero-order valence-corrected chi connectivity index (χ0v) is 12.6. The lowest BCUT2D eigenvalue weighted by Crippen LogP contribution is -2.38. The topological polar surface area (TPSA) is 92.5 Å². The van der Waals surface area contributed by atoms with Crippen LogP contribution in [0.5, 0.6) is 0 Å². The second-order valence-corrected chi connectivity index (χ2v) is 6.47. The van der Waals surface area contributed by atoms with E-state index in [1.54, 1.807) is 6.92 Å². The summed E-state index contributed by atoms with van der Waals surface area (Å²) in [5.74, 6) is -1.58. The lowest BCUT2D eigenvalue weighted by Gasteiger charge is -2.17. The molecule has 0 fully saturated rings. The van der Waals surface area contributed by atoms with Gasteiger partial charge < -0.3 is 11.1 Å². The van der Waals surface area contributed by atoms with Crippen LogP contribution in [0.4, 0.5) is 10.1 Å². The number of anilines is 1. The molecule has 0 aliphatic heterocycles. The number of sulfonamides is 1. The van der Waals surface area contributed by atoms with Crippen molar-refractivity contribution in [3.8, 4) is 0 Å². The fourth-order valence-electron chi connectivity index (χ4n) is 1.48. The minimum atomic E-state index is -4.19. The van der Waals surface area contributed by atoms with Gasteiger partial charge in [-0.15, -0.1) is 0 Å². The Morgan fingerprint density at radius 3 is 2.65 bits per heavy atom. The number of nitrogens with zero attached hydrogens (tertiary/aromatic N) is 1. The number of nitrogens with one attached hydrogen (secondary N) is 1. The number of hydrogen-bond donors (Lipinski definition) is 2. The van der Waals surface area contributed by atoms with E-state index in [4.69, 9.17) is 17.3 Å². The van der Waals surface area contributed by atoms with Crippen LogP contribution in [0.15, 0.2) is 17.0 Å². The van der Waals surface area contributed by atoms with Crippen molar-refractivity contribution in [2.45, 2.75) is 11.8 Å². The maximum atomic E-state index is 13.8. The smallest absolute Gasteiger partial charge is 0.246 e. The summed E-state index contributed by atoms with van der Waals surface area (Å²) in [7, 11) is -3.03. The maximum absolute atomic E-state index is 13.8. The molecule has 1 aromatic rings. The van der Waals surface area contributed by atoms with Crippen molar-refractivity contribution in [3.05, 3.63) is 23.0 Å².